The van der Waals surface area contributed by atoms with Crippen LogP contribution in [0.15, 0.2) is 47.6 Å². The van der Waals surface area contributed by atoms with Crippen molar-refractivity contribution in [2.75, 3.05) is 5.43 Å². The molecule has 0 fully saturated rings. The van der Waals surface area contributed by atoms with E-state index in [1.807, 2.05) is 25.1 Å². The normalized spacial score (nSPS) is 10.7. The van der Waals surface area contributed by atoms with E-state index in [0.29, 0.717) is 5.02 Å². The van der Waals surface area contributed by atoms with Crippen LogP contribution in [-0.2, 0) is 0 Å². The number of benzene rings is 2. The number of nitro groups is 1. The Hall–Kier alpha value is -2.40. The van der Waals surface area contributed by atoms with Gasteiger partial charge in [-0.25, -0.2) is 0 Å². The fraction of sp³-hybridized carbons (Fsp3) is 0.0714. The molecule has 1 N–H and O–H groups in total. The van der Waals surface area contributed by atoms with E-state index in [1.165, 1.54) is 12.1 Å². The van der Waals surface area contributed by atoms with Crippen LogP contribution >= 0.6 is 11.6 Å². The van der Waals surface area contributed by atoms with Gasteiger partial charge in [0.15, 0.2) is 0 Å². The second-order valence-electron chi connectivity index (χ2n) is 4.13. The van der Waals surface area contributed by atoms with Gasteiger partial charge < -0.3 is 0 Å². The number of hydrogen-bond acceptors (Lipinski definition) is 4. The Morgan fingerprint density at radius 1 is 1.25 bits per heavy atom. The van der Waals surface area contributed by atoms with Gasteiger partial charge in [-0.15, -0.1) is 0 Å². The van der Waals surface area contributed by atoms with Crippen LogP contribution in [0.25, 0.3) is 0 Å². The molecule has 0 aromatic heterocycles. The monoisotopic (exact) mass is 289 g/mol. The third-order valence-corrected chi connectivity index (χ3v) is 3.18. The molecule has 0 aliphatic carbocycles. The number of hydrogen-bond donors (Lipinski definition) is 1. The summed E-state index contributed by atoms with van der Waals surface area (Å²) in [4.78, 5) is 10.1. The van der Waals surface area contributed by atoms with E-state index in [9.17, 15) is 10.1 Å². The van der Waals surface area contributed by atoms with E-state index in [4.69, 9.17) is 11.6 Å². The molecule has 6 heteroatoms. The molecule has 5 nitrogen and oxygen atoms in total. The average molecular weight is 290 g/mol. The zero-order chi connectivity index (χ0) is 14.5. The number of halogens is 1. The summed E-state index contributed by atoms with van der Waals surface area (Å²) < 4.78 is 0. The van der Waals surface area contributed by atoms with E-state index in [1.54, 1.807) is 18.3 Å². The van der Waals surface area contributed by atoms with Crippen molar-refractivity contribution < 1.29 is 4.92 Å². The molecule has 0 saturated heterocycles. The molecule has 0 unspecified atom stereocenters. The maximum atomic E-state index is 10.5. The molecule has 0 radical (unpaired) electrons. The Bertz CT molecular complexity index is 654. The van der Waals surface area contributed by atoms with Crippen LogP contribution in [0.3, 0.4) is 0 Å². The van der Waals surface area contributed by atoms with Crippen molar-refractivity contribution in [2.45, 2.75) is 6.92 Å². The molecule has 2 aromatic carbocycles. The maximum Gasteiger partial charge on any atom is 0.269 e. The third-order valence-electron chi connectivity index (χ3n) is 2.77. The second-order valence-corrected chi connectivity index (χ2v) is 4.54. The topological polar surface area (TPSA) is 67.5 Å². The van der Waals surface area contributed by atoms with E-state index in [-0.39, 0.29) is 5.69 Å². The summed E-state index contributed by atoms with van der Waals surface area (Å²) in [5.74, 6) is 0. The number of nitrogens with zero attached hydrogens (tertiary/aromatic N) is 2. The van der Waals surface area contributed by atoms with Crippen LogP contribution in [0, 0.1) is 17.0 Å². The first kappa shape index (κ1) is 14.0. The Labute approximate surface area is 121 Å². The van der Waals surface area contributed by atoms with Gasteiger partial charge in [0.25, 0.3) is 5.69 Å². The van der Waals surface area contributed by atoms with Crippen molar-refractivity contribution in [3.05, 3.63) is 68.7 Å². The molecule has 2 rings (SSSR count). The molecule has 20 heavy (non-hydrogen) atoms. The highest BCUT2D eigenvalue weighted by molar-refractivity contribution is 6.31. The van der Waals surface area contributed by atoms with Crippen molar-refractivity contribution >= 4 is 29.2 Å². The van der Waals surface area contributed by atoms with E-state index < -0.39 is 4.92 Å². The van der Waals surface area contributed by atoms with Crippen LogP contribution in [0.2, 0.25) is 5.02 Å². The van der Waals surface area contributed by atoms with E-state index in [2.05, 4.69) is 10.5 Å². The predicted octanol–water partition coefficient (Wildman–Crippen LogP) is 4.00. The molecule has 0 atom stereocenters. The van der Waals surface area contributed by atoms with Crippen LogP contribution in [0.4, 0.5) is 11.4 Å². The highest BCUT2D eigenvalue weighted by Gasteiger charge is 2.03. The molecule has 0 heterocycles. The van der Waals surface area contributed by atoms with Crippen molar-refractivity contribution in [1.29, 1.82) is 0 Å². The number of hydrazone groups is 1. The Balaban J connectivity index is 2.06. The van der Waals surface area contributed by atoms with Crippen LogP contribution in [0.5, 0.6) is 0 Å². The minimum absolute atomic E-state index is 0.0563. The standard InChI is InChI=1S/C14H12ClN3O2/c1-10-13(15)3-2-4-14(10)17-16-9-11-5-7-12(8-6-11)18(19)20/h2-9,17H,1H3. The van der Waals surface area contributed by atoms with Crippen LogP contribution in [0.1, 0.15) is 11.1 Å². The molecule has 0 aliphatic heterocycles. The number of nitro benzene ring substituents is 1. The zero-order valence-electron chi connectivity index (χ0n) is 10.7. The van der Waals surface area contributed by atoms with Gasteiger partial charge >= 0.3 is 0 Å². The van der Waals surface area contributed by atoms with E-state index in [0.717, 1.165) is 16.8 Å². The Morgan fingerprint density at radius 3 is 2.60 bits per heavy atom. The molecular formula is C14H12ClN3O2. The number of nitrogens with one attached hydrogen (secondary N) is 1. The minimum Gasteiger partial charge on any atom is -0.278 e. The minimum atomic E-state index is -0.436. The summed E-state index contributed by atoms with van der Waals surface area (Å²) in [6.45, 7) is 1.89. The smallest absolute Gasteiger partial charge is 0.269 e. The fourth-order valence-electron chi connectivity index (χ4n) is 1.59. The Kier molecular flexibility index (Phi) is 4.32. The van der Waals surface area contributed by atoms with Gasteiger partial charge in [-0.1, -0.05) is 17.7 Å². The van der Waals surface area contributed by atoms with Gasteiger partial charge in [0.2, 0.25) is 0 Å². The maximum absolute atomic E-state index is 10.5. The molecule has 0 aliphatic rings. The van der Waals surface area contributed by atoms with Crippen LogP contribution in [-0.4, -0.2) is 11.1 Å². The van der Waals surface area contributed by atoms with Gasteiger partial charge in [0.05, 0.1) is 16.8 Å². The number of non-ortho nitro benzene ring substituents is 1. The first-order valence-electron chi connectivity index (χ1n) is 5.86. The lowest BCUT2D eigenvalue weighted by molar-refractivity contribution is -0.384. The molecule has 0 spiro atoms. The summed E-state index contributed by atoms with van der Waals surface area (Å²) in [5.41, 5.74) is 5.44. The summed E-state index contributed by atoms with van der Waals surface area (Å²) >= 11 is 6.00. The van der Waals surface area contributed by atoms with Gasteiger partial charge in [0.1, 0.15) is 0 Å². The molecular weight excluding hydrogens is 278 g/mol. The number of rotatable bonds is 4. The molecule has 2 aromatic rings. The third kappa shape index (κ3) is 3.33. The molecule has 0 saturated carbocycles. The van der Waals surface area contributed by atoms with Gasteiger partial charge in [-0.2, -0.15) is 5.10 Å². The molecule has 0 bridgehead atoms. The summed E-state index contributed by atoms with van der Waals surface area (Å²) in [6, 6.07) is 11.6. The highest BCUT2D eigenvalue weighted by Crippen LogP contribution is 2.22. The largest absolute Gasteiger partial charge is 0.278 e. The second kappa shape index (κ2) is 6.16. The molecule has 102 valence electrons. The first-order chi connectivity index (χ1) is 9.58. The zero-order valence-corrected chi connectivity index (χ0v) is 11.5. The lowest BCUT2D eigenvalue weighted by Gasteiger charge is -2.05. The van der Waals surface area contributed by atoms with Gasteiger partial charge in [-0.3, -0.25) is 15.5 Å². The first-order valence-corrected chi connectivity index (χ1v) is 6.24. The number of anilines is 1. The van der Waals surface area contributed by atoms with E-state index >= 15 is 0 Å². The van der Waals surface area contributed by atoms with Crippen molar-refractivity contribution in [3.8, 4) is 0 Å². The fourth-order valence-corrected chi connectivity index (χ4v) is 1.76. The highest BCUT2D eigenvalue weighted by atomic mass is 35.5. The predicted molar refractivity (Wildman–Crippen MR) is 80.5 cm³/mol. The summed E-state index contributed by atoms with van der Waals surface area (Å²) in [5, 5.41) is 15.3. The van der Waals surface area contributed by atoms with Crippen molar-refractivity contribution in [1.82, 2.24) is 0 Å². The lowest BCUT2D eigenvalue weighted by atomic mass is 10.2. The van der Waals surface area contributed by atoms with Gasteiger partial charge in [-0.05, 0) is 42.3 Å². The van der Waals surface area contributed by atoms with Crippen molar-refractivity contribution in [3.63, 3.8) is 0 Å². The molecule has 0 amide bonds. The summed E-state index contributed by atoms with van der Waals surface area (Å²) in [7, 11) is 0. The quantitative estimate of drug-likeness (QED) is 0.525. The Morgan fingerprint density at radius 2 is 1.95 bits per heavy atom. The van der Waals surface area contributed by atoms with Crippen LogP contribution < -0.4 is 5.43 Å². The summed E-state index contributed by atoms with van der Waals surface area (Å²) in [6.07, 6.45) is 1.59. The average Bonchev–Trinajstić information content (AvgIpc) is 2.44. The van der Waals surface area contributed by atoms with Crippen molar-refractivity contribution in [2.24, 2.45) is 5.10 Å². The van der Waals surface area contributed by atoms with Gasteiger partial charge in [0, 0.05) is 17.2 Å². The SMILES string of the molecule is Cc1c(Cl)cccc1NN=Cc1ccc([N+](=O)[O-])cc1. The lowest BCUT2D eigenvalue weighted by Crippen LogP contribution is -1.94.